The lowest BCUT2D eigenvalue weighted by atomic mass is 10.1. The van der Waals surface area contributed by atoms with Crippen LogP contribution in [0, 0.1) is 5.82 Å². The Balaban J connectivity index is 2.27. The van der Waals surface area contributed by atoms with E-state index in [1.54, 1.807) is 0 Å². The Hall–Kier alpha value is -1.62. The third kappa shape index (κ3) is 1.92. The molecule has 1 aromatic carbocycles. The molecule has 15 heavy (non-hydrogen) atoms. The van der Waals surface area contributed by atoms with Gasteiger partial charge in [0, 0.05) is 18.3 Å². The number of rotatable bonds is 3. The molecule has 1 heterocycles. The van der Waals surface area contributed by atoms with Crippen LogP contribution >= 0.6 is 0 Å². The average molecular weight is 210 g/mol. The van der Waals surface area contributed by atoms with Crippen molar-refractivity contribution in [1.29, 1.82) is 0 Å². The van der Waals surface area contributed by atoms with E-state index in [0.29, 0.717) is 12.2 Å². The van der Waals surface area contributed by atoms with Crippen molar-refractivity contribution in [1.82, 2.24) is 0 Å². The molecule has 0 radical (unpaired) electrons. The van der Waals surface area contributed by atoms with Crippen molar-refractivity contribution < 1.29 is 13.9 Å². The van der Waals surface area contributed by atoms with Gasteiger partial charge in [0.15, 0.2) is 11.6 Å². The molecule has 0 aliphatic carbocycles. The first-order valence-electron chi connectivity index (χ1n) is 4.66. The second kappa shape index (κ2) is 3.86. The van der Waals surface area contributed by atoms with E-state index < -0.39 is 5.82 Å². The first-order valence-corrected chi connectivity index (χ1v) is 4.66. The summed E-state index contributed by atoms with van der Waals surface area (Å²) in [6, 6.07) is 2.81. The molecule has 0 atom stereocenters. The topological polar surface area (TPSA) is 64.3 Å². The maximum atomic E-state index is 13.4. The summed E-state index contributed by atoms with van der Waals surface area (Å²) in [6.07, 6.45) is 0.272. The van der Waals surface area contributed by atoms with Crippen molar-refractivity contribution in [3.05, 3.63) is 23.5 Å². The molecule has 4 nitrogen and oxygen atoms in total. The van der Waals surface area contributed by atoms with Gasteiger partial charge in [-0.1, -0.05) is 0 Å². The molecule has 1 amide bonds. The summed E-state index contributed by atoms with van der Waals surface area (Å²) in [7, 11) is 0. The van der Waals surface area contributed by atoms with Gasteiger partial charge in [-0.3, -0.25) is 4.79 Å². The minimum absolute atomic E-state index is 0.125. The molecular formula is C10H11FN2O2. The fourth-order valence-corrected chi connectivity index (χ4v) is 1.50. The molecule has 1 aliphatic rings. The maximum Gasteiger partial charge on any atom is 0.228 e. The Kier molecular flexibility index (Phi) is 2.55. The second-order valence-electron chi connectivity index (χ2n) is 3.30. The monoisotopic (exact) mass is 210 g/mol. The Morgan fingerprint density at radius 3 is 3.07 bits per heavy atom. The van der Waals surface area contributed by atoms with Gasteiger partial charge in [0.2, 0.25) is 5.91 Å². The van der Waals surface area contributed by atoms with E-state index in [1.165, 1.54) is 12.1 Å². The Morgan fingerprint density at radius 1 is 1.53 bits per heavy atom. The van der Waals surface area contributed by atoms with Crippen LogP contribution in [0.25, 0.3) is 0 Å². The molecule has 2 rings (SSSR count). The third-order valence-electron chi connectivity index (χ3n) is 2.16. The number of anilines is 1. The van der Waals surface area contributed by atoms with E-state index in [1.807, 2.05) is 0 Å². The zero-order chi connectivity index (χ0) is 10.8. The van der Waals surface area contributed by atoms with Crippen molar-refractivity contribution in [2.75, 3.05) is 18.5 Å². The van der Waals surface area contributed by atoms with E-state index in [0.717, 1.165) is 5.56 Å². The zero-order valence-electron chi connectivity index (χ0n) is 8.05. The van der Waals surface area contributed by atoms with Crippen LogP contribution in [0.1, 0.15) is 5.56 Å². The largest absolute Gasteiger partial charge is 0.489 e. The van der Waals surface area contributed by atoms with Crippen LogP contribution in [0.2, 0.25) is 0 Å². The van der Waals surface area contributed by atoms with Crippen LogP contribution in [-0.2, 0) is 11.2 Å². The molecule has 3 N–H and O–H groups in total. The number of hydrogen-bond donors (Lipinski definition) is 2. The number of fused-ring (bicyclic) bond motifs is 1. The summed E-state index contributed by atoms with van der Waals surface area (Å²) in [6.45, 7) is 0.588. The predicted molar refractivity (Wildman–Crippen MR) is 53.3 cm³/mol. The highest BCUT2D eigenvalue weighted by Gasteiger charge is 2.20. The third-order valence-corrected chi connectivity index (χ3v) is 2.16. The lowest BCUT2D eigenvalue weighted by Gasteiger charge is -2.07. The number of benzene rings is 1. The summed E-state index contributed by atoms with van der Waals surface area (Å²) in [4.78, 5) is 11.0. The quantitative estimate of drug-likeness (QED) is 0.770. The fourth-order valence-electron chi connectivity index (χ4n) is 1.50. The number of nitrogens with two attached hydrogens (primary N) is 1. The highest BCUT2D eigenvalue weighted by Crippen LogP contribution is 2.29. The molecule has 1 aliphatic heterocycles. The molecule has 0 bridgehead atoms. The molecule has 1 aromatic rings. The van der Waals surface area contributed by atoms with Crippen molar-refractivity contribution in [3.63, 3.8) is 0 Å². The number of hydrogen-bond acceptors (Lipinski definition) is 3. The number of amides is 1. The lowest BCUT2D eigenvalue weighted by molar-refractivity contribution is -0.115. The first kappa shape index (κ1) is 9.92. The van der Waals surface area contributed by atoms with Crippen LogP contribution in [0.15, 0.2) is 12.1 Å². The fraction of sp³-hybridized carbons (Fsp3) is 0.300. The SMILES string of the molecule is NCCOc1cc2c(cc1F)NC(=O)C2. The Bertz CT molecular complexity index is 407. The maximum absolute atomic E-state index is 13.4. The number of carbonyl (C=O) groups is 1. The van der Waals surface area contributed by atoms with E-state index in [9.17, 15) is 9.18 Å². The predicted octanol–water partition coefficient (Wildman–Crippen LogP) is 0.658. The number of halogens is 1. The highest BCUT2D eigenvalue weighted by molar-refractivity contribution is 5.99. The normalized spacial score (nSPS) is 13.6. The van der Waals surface area contributed by atoms with Crippen LogP contribution < -0.4 is 15.8 Å². The molecule has 0 saturated heterocycles. The van der Waals surface area contributed by atoms with Gasteiger partial charge in [-0.15, -0.1) is 0 Å². The van der Waals surface area contributed by atoms with Crippen LogP contribution in [0.5, 0.6) is 5.75 Å². The summed E-state index contributed by atoms with van der Waals surface area (Å²) in [5.41, 5.74) is 6.53. The Morgan fingerprint density at radius 2 is 2.33 bits per heavy atom. The van der Waals surface area contributed by atoms with Crippen molar-refractivity contribution >= 4 is 11.6 Å². The highest BCUT2D eigenvalue weighted by atomic mass is 19.1. The van der Waals surface area contributed by atoms with Gasteiger partial charge in [0.1, 0.15) is 6.61 Å². The van der Waals surface area contributed by atoms with Gasteiger partial charge in [-0.2, -0.15) is 0 Å². The van der Waals surface area contributed by atoms with Gasteiger partial charge in [-0.25, -0.2) is 4.39 Å². The molecule has 5 heteroatoms. The molecule has 0 aromatic heterocycles. The number of ether oxygens (including phenoxy) is 1. The number of carbonyl (C=O) groups excluding carboxylic acids is 1. The lowest BCUT2D eigenvalue weighted by Crippen LogP contribution is -2.11. The van der Waals surface area contributed by atoms with E-state index in [2.05, 4.69) is 5.32 Å². The molecular weight excluding hydrogens is 199 g/mol. The molecule has 0 fully saturated rings. The summed E-state index contributed by atoms with van der Waals surface area (Å²) in [5.74, 6) is -0.458. The minimum atomic E-state index is -0.482. The van der Waals surface area contributed by atoms with Gasteiger partial charge in [-0.05, 0) is 11.6 Å². The van der Waals surface area contributed by atoms with Crippen molar-refractivity contribution in [2.24, 2.45) is 5.73 Å². The van der Waals surface area contributed by atoms with E-state index in [4.69, 9.17) is 10.5 Å². The van der Waals surface area contributed by atoms with Crippen LogP contribution in [0.4, 0.5) is 10.1 Å². The summed E-state index contributed by atoms with van der Waals surface area (Å²) < 4.78 is 18.5. The van der Waals surface area contributed by atoms with Crippen LogP contribution in [0.3, 0.4) is 0 Å². The molecule has 0 spiro atoms. The average Bonchev–Trinajstić information content (AvgIpc) is 2.53. The molecule has 0 saturated carbocycles. The van der Waals surface area contributed by atoms with E-state index in [-0.39, 0.29) is 24.7 Å². The second-order valence-corrected chi connectivity index (χ2v) is 3.30. The number of nitrogens with one attached hydrogen (secondary N) is 1. The van der Waals surface area contributed by atoms with Crippen molar-refractivity contribution in [2.45, 2.75) is 6.42 Å². The zero-order valence-corrected chi connectivity index (χ0v) is 8.05. The minimum Gasteiger partial charge on any atom is -0.489 e. The first-order chi connectivity index (χ1) is 7.20. The smallest absolute Gasteiger partial charge is 0.228 e. The van der Waals surface area contributed by atoms with Gasteiger partial charge in [0.25, 0.3) is 0 Å². The Labute approximate surface area is 86.2 Å². The van der Waals surface area contributed by atoms with E-state index >= 15 is 0 Å². The van der Waals surface area contributed by atoms with Gasteiger partial charge in [0.05, 0.1) is 6.42 Å². The molecule has 80 valence electrons. The standard InChI is InChI=1S/C10H11FN2O2/c11-7-5-8-6(4-10(14)13-8)3-9(7)15-2-1-12/h3,5H,1-2,4,12H2,(H,13,14). The van der Waals surface area contributed by atoms with Crippen LogP contribution in [-0.4, -0.2) is 19.1 Å². The molecule has 0 unspecified atom stereocenters. The summed E-state index contributed by atoms with van der Waals surface area (Å²) >= 11 is 0. The van der Waals surface area contributed by atoms with Gasteiger partial charge >= 0.3 is 0 Å². The van der Waals surface area contributed by atoms with Crippen molar-refractivity contribution in [3.8, 4) is 5.75 Å². The van der Waals surface area contributed by atoms with Gasteiger partial charge < -0.3 is 15.8 Å². The summed E-state index contributed by atoms with van der Waals surface area (Å²) in [5, 5.41) is 2.56.